The molecule has 3 N–H and O–H groups in total. The lowest BCUT2D eigenvalue weighted by atomic mass is 10.1. The second-order valence-electron chi connectivity index (χ2n) is 5.18. The second-order valence-corrected chi connectivity index (χ2v) is 7.39. The summed E-state index contributed by atoms with van der Waals surface area (Å²) in [5, 5.41) is 12.2. The Kier molecular flexibility index (Phi) is 4.16. The topological polar surface area (TPSA) is 61.8 Å². The Morgan fingerprint density at radius 3 is 2.84 bits per heavy atom. The van der Waals surface area contributed by atoms with Gasteiger partial charge in [-0.2, -0.15) is 11.8 Å². The maximum atomic E-state index is 8.69. The van der Waals surface area contributed by atoms with Crippen molar-refractivity contribution in [3.8, 4) is 0 Å². The molecule has 0 aliphatic carbocycles. The Labute approximate surface area is 122 Å². The summed E-state index contributed by atoms with van der Waals surface area (Å²) in [5.41, 5.74) is 7.20. The SMILES string of the molecule is CC1(C)CN(c2ccc(/C(N)=N/O)c(Cl)c2)CCS1. The van der Waals surface area contributed by atoms with Crippen LogP contribution in [-0.4, -0.2) is 34.6 Å². The molecule has 0 unspecified atom stereocenters. The molecule has 0 radical (unpaired) electrons. The Morgan fingerprint density at radius 2 is 2.26 bits per heavy atom. The van der Waals surface area contributed by atoms with E-state index in [1.807, 2.05) is 23.9 Å². The molecule has 1 saturated heterocycles. The first-order valence-electron chi connectivity index (χ1n) is 6.09. The van der Waals surface area contributed by atoms with Gasteiger partial charge >= 0.3 is 0 Å². The average Bonchev–Trinajstić information content (AvgIpc) is 2.36. The van der Waals surface area contributed by atoms with Crippen molar-refractivity contribution >= 4 is 34.9 Å². The van der Waals surface area contributed by atoms with Crippen LogP contribution in [0.4, 0.5) is 5.69 Å². The number of hydrogen-bond donors (Lipinski definition) is 2. The summed E-state index contributed by atoms with van der Waals surface area (Å²) < 4.78 is 0.245. The first-order chi connectivity index (χ1) is 8.93. The fourth-order valence-corrected chi connectivity index (χ4v) is 3.58. The summed E-state index contributed by atoms with van der Waals surface area (Å²) in [7, 11) is 0. The highest BCUT2D eigenvalue weighted by atomic mass is 35.5. The van der Waals surface area contributed by atoms with E-state index in [4.69, 9.17) is 22.5 Å². The number of rotatable bonds is 2. The number of oxime groups is 1. The van der Waals surface area contributed by atoms with Crippen LogP contribution < -0.4 is 10.6 Å². The number of nitrogens with zero attached hydrogens (tertiary/aromatic N) is 2. The molecular formula is C13H18ClN3OS. The van der Waals surface area contributed by atoms with Gasteiger partial charge in [-0.3, -0.25) is 0 Å². The first-order valence-corrected chi connectivity index (χ1v) is 7.46. The summed E-state index contributed by atoms with van der Waals surface area (Å²) in [6, 6.07) is 5.63. The Hall–Kier alpha value is -1.07. The molecule has 1 heterocycles. The van der Waals surface area contributed by atoms with Gasteiger partial charge in [-0.25, -0.2) is 0 Å². The first kappa shape index (κ1) is 14.3. The maximum Gasteiger partial charge on any atom is 0.171 e. The van der Waals surface area contributed by atoms with E-state index in [-0.39, 0.29) is 10.6 Å². The predicted molar refractivity (Wildman–Crippen MR) is 82.7 cm³/mol. The van der Waals surface area contributed by atoms with E-state index in [1.54, 1.807) is 6.07 Å². The smallest absolute Gasteiger partial charge is 0.171 e. The fourth-order valence-electron chi connectivity index (χ4n) is 2.20. The number of thioether (sulfide) groups is 1. The molecule has 19 heavy (non-hydrogen) atoms. The quantitative estimate of drug-likeness (QED) is 0.381. The van der Waals surface area contributed by atoms with Crippen molar-refractivity contribution < 1.29 is 5.21 Å². The highest BCUT2D eigenvalue weighted by molar-refractivity contribution is 8.00. The normalized spacial score (nSPS) is 19.5. The number of nitrogens with two attached hydrogens (primary N) is 1. The zero-order valence-electron chi connectivity index (χ0n) is 11.1. The van der Waals surface area contributed by atoms with Crippen LogP contribution in [0.1, 0.15) is 19.4 Å². The Balaban J connectivity index is 2.25. The van der Waals surface area contributed by atoms with Gasteiger partial charge in [0.1, 0.15) is 0 Å². The standard InChI is InChI=1S/C13H18ClN3OS/c1-13(2)8-17(5-6-19-13)9-3-4-10(11(14)7-9)12(15)16-18/h3-4,7,18H,5-6,8H2,1-2H3,(H2,15,16). The van der Waals surface area contributed by atoms with Gasteiger partial charge in [0.05, 0.1) is 5.02 Å². The van der Waals surface area contributed by atoms with Crippen LogP contribution >= 0.6 is 23.4 Å². The van der Waals surface area contributed by atoms with Gasteiger partial charge in [0.25, 0.3) is 0 Å². The average molecular weight is 300 g/mol. The Morgan fingerprint density at radius 1 is 1.53 bits per heavy atom. The third kappa shape index (κ3) is 3.28. The molecular weight excluding hydrogens is 282 g/mol. The highest BCUT2D eigenvalue weighted by Crippen LogP contribution is 2.33. The van der Waals surface area contributed by atoms with Crippen molar-refractivity contribution in [3.05, 3.63) is 28.8 Å². The number of halogens is 1. The van der Waals surface area contributed by atoms with E-state index >= 15 is 0 Å². The van der Waals surface area contributed by atoms with Crippen molar-refractivity contribution in [1.82, 2.24) is 0 Å². The predicted octanol–water partition coefficient (Wildman–Crippen LogP) is 2.77. The van der Waals surface area contributed by atoms with Gasteiger partial charge in [0.15, 0.2) is 5.84 Å². The van der Waals surface area contributed by atoms with Gasteiger partial charge in [-0.05, 0) is 32.0 Å². The minimum atomic E-state index is 0.0334. The van der Waals surface area contributed by atoms with Gasteiger partial charge in [-0.15, -0.1) is 0 Å². The lowest BCUT2D eigenvalue weighted by Crippen LogP contribution is -2.43. The van der Waals surface area contributed by atoms with E-state index in [0.29, 0.717) is 10.6 Å². The van der Waals surface area contributed by atoms with E-state index in [0.717, 1.165) is 24.5 Å². The zero-order chi connectivity index (χ0) is 14.0. The lowest BCUT2D eigenvalue weighted by Gasteiger charge is -2.39. The molecule has 0 spiro atoms. The lowest BCUT2D eigenvalue weighted by molar-refractivity contribution is 0.318. The van der Waals surface area contributed by atoms with E-state index < -0.39 is 0 Å². The summed E-state index contributed by atoms with van der Waals surface area (Å²) in [6.45, 7) is 6.48. The van der Waals surface area contributed by atoms with E-state index in [1.165, 1.54) is 0 Å². The van der Waals surface area contributed by atoms with Crippen molar-refractivity contribution in [1.29, 1.82) is 0 Å². The van der Waals surface area contributed by atoms with Crippen LogP contribution in [0.15, 0.2) is 23.4 Å². The Bertz CT molecular complexity index is 505. The molecule has 104 valence electrons. The number of benzene rings is 1. The monoisotopic (exact) mass is 299 g/mol. The third-order valence-corrected chi connectivity index (χ3v) is 4.74. The molecule has 1 aromatic carbocycles. The molecule has 0 saturated carbocycles. The maximum absolute atomic E-state index is 8.69. The molecule has 0 amide bonds. The molecule has 1 aliphatic heterocycles. The van der Waals surface area contributed by atoms with Crippen molar-refractivity contribution in [2.45, 2.75) is 18.6 Å². The van der Waals surface area contributed by atoms with Crippen molar-refractivity contribution in [2.75, 3.05) is 23.7 Å². The minimum absolute atomic E-state index is 0.0334. The van der Waals surface area contributed by atoms with E-state index in [9.17, 15) is 0 Å². The summed E-state index contributed by atoms with van der Waals surface area (Å²) >= 11 is 8.18. The molecule has 0 atom stereocenters. The third-order valence-electron chi connectivity index (χ3n) is 3.13. The van der Waals surface area contributed by atoms with Crippen molar-refractivity contribution in [2.24, 2.45) is 10.9 Å². The number of amidine groups is 1. The summed E-state index contributed by atoms with van der Waals surface area (Å²) in [5.74, 6) is 1.14. The van der Waals surface area contributed by atoms with Crippen LogP contribution in [0.2, 0.25) is 5.02 Å². The van der Waals surface area contributed by atoms with Crippen LogP contribution in [0.25, 0.3) is 0 Å². The minimum Gasteiger partial charge on any atom is -0.409 e. The van der Waals surface area contributed by atoms with Gasteiger partial charge < -0.3 is 15.8 Å². The molecule has 1 aliphatic rings. The second kappa shape index (κ2) is 5.51. The molecule has 6 heteroatoms. The van der Waals surface area contributed by atoms with Crippen LogP contribution in [0, 0.1) is 0 Å². The zero-order valence-corrected chi connectivity index (χ0v) is 12.6. The van der Waals surface area contributed by atoms with Crippen LogP contribution in [0.3, 0.4) is 0 Å². The summed E-state index contributed by atoms with van der Waals surface area (Å²) in [4.78, 5) is 2.32. The molecule has 1 aromatic rings. The fraction of sp³-hybridized carbons (Fsp3) is 0.462. The van der Waals surface area contributed by atoms with E-state index in [2.05, 4.69) is 23.9 Å². The number of hydrogen-bond acceptors (Lipinski definition) is 4. The highest BCUT2D eigenvalue weighted by Gasteiger charge is 2.27. The van der Waals surface area contributed by atoms with Gasteiger partial charge in [0.2, 0.25) is 0 Å². The molecule has 4 nitrogen and oxygen atoms in total. The van der Waals surface area contributed by atoms with Gasteiger partial charge in [-0.1, -0.05) is 16.8 Å². The molecule has 0 aromatic heterocycles. The molecule has 0 bridgehead atoms. The molecule has 1 fully saturated rings. The van der Waals surface area contributed by atoms with Crippen LogP contribution in [0.5, 0.6) is 0 Å². The largest absolute Gasteiger partial charge is 0.409 e. The summed E-state index contributed by atoms with van der Waals surface area (Å²) in [6.07, 6.45) is 0. The van der Waals surface area contributed by atoms with Crippen molar-refractivity contribution in [3.63, 3.8) is 0 Å². The number of anilines is 1. The van der Waals surface area contributed by atoms with Crippen LogP contribution in [-0.2, 0) is 0 Å². The van der Waals surface area contributed by atoms with Gasteiger partial charge in [0, 0.05) is 34.8 Å². The molecule has 2 rings (SSSR count).